The number of ether oxygens (including phenoxy) is 1. The van der Waals surface area contributed by atoms with Crippen molar-refractivity contribution in [2.45, 2.75) is 25.7 Å². The quantitative estimate of drug-likeness (QED) is 0.696. The summed E-state index contributed by atoms with van der Waals surface area (Å²) in [6.07, 6.45) is 0. The van der Waals surface area contributed by atoms with Gasteiger partial charge >= 0.3 is 5.97 Å². The standard InChI is InChI=1S/C14H21NO5S/c1-10-6-11(2)14(12(3)7-10)21(18,19)9-15-4-5-20-8-13(16)17/h6-7,15H,4-5,8-9H2,1-3H3,(H,16,17). The van der Waals surface area contributed by atoms with Gasteiger partial charge < -0.3 is 15.2 Å². The van der Waals surface area contributed by atoms with Crippen LogP contribution in [0, 0.1) is 20.8 Å². The van der Waals surface area contributed by atoms with E-state index in [1.54, 1.807) is 13.8 Å². The number of benzene rings is 1. The lowest BCUT2D eigenvalue weighted by Gasteiger charge is -2.13. The molecule has 21 heavy (non-hydrogen) atoms. The molecular formula is C14H21NO5S. The molecule has 0 amide bonds. The summed E-state index contributed by atoms with van der Waals surface area (Å²) >= 11 is 0. The second kappa shape index (κ2) is 7.53. The second-order valence-corrected chi connectivity index (χ2v) is 6.86. The van der Waals surface area contributed by atoms with Gasteiger partial charge in [-0.15, -0.1) is 0 Å². The SMILES string of the molecule is Cc1cc(C)c(S(=O)(=O)CNCCOCC(=O)O)c(C)c1. The Bertz CT molecular complexity index is 587. The lowest BCUT2D eigenvalue weighted by atomic mass is 10.1. The number of sulfone groups is 1. The van der Waals surface area contributed by atoms with Crippen LogP contribution in [0.2, 0.25) is 0 Å². The van der Waals surface area contributed by atoms with Crippen LogP contribution in [0.4, 0.5) is 0 Å². The third-order valence-corrected chi connectivity index (χ3v) is 4.71. The van der Waals surface area contributed by atoms with E-state index >= 15 is 0 Å². The maximum atomic E-state index is 12.3. The largest absolute Gasteiger partial charge is 0.480 e. The summed E-state index contributed by atoms with van der Waals surface area (Å²) in [5, 5.41) is 11.2. The fourth-order valence-electron chi connectivity index (χ4n) is 2.24. The molecule has 1 aromatic rings. The maximum Gasteiger partial charge on any atom is 0.329 e. The van der Waals surface area contributed by atoms with Crippen molar-refractivity contribution in [1.29, 1.82) is 0 Å². The lowest BCUT2D eigenvalue weighted by Crippen LogP contribution is -2.28. The first kappa shape index (κ1) is 17.6. The average Bonchev–Trinajstić information content (AvgIpc) is 2.31. The highest BCUT2D eigenvalue weighted by atomic mass is 32.2. The van der Waals surface area contributed by atoms with Crippen LogP contribution in [0.3, 0.4) is 0 Å². The number of aryl methyl sites for hydroxylation is 3. The summed E-state index contributed by atoms with van der Waals surface area (Å²) in [6.45, 7) is 5.52. The summed E-state index contributed by atoms with van der Waals surface area (Å²) in [5.41, 5.74) is 2.49. The van der Waals surface area contributed by atoms with Crippen LogP contribution in [0.1, 0.15) is 16.7 Å². The number of rotatable bonds is 8. The fourth-order valence-corrected chi connectivity index (χ4v) is 3.90. The number of carboxylic acid groups (broad SMARTS) is 1. The zero-order chi connectivity index (χ0) is 16.0. The van der Waals surface area contributed by atoms with E-state index in [1.807, 2.05) is 19.1 Å². The number of hydrogen-bond donors (Lipinski definition) is 2. The predicted octanol–water partition coefficient (Wildman–Crippen LogP) is 1.03. The van der Waals surface area contributed by atoms with Crippen LogP contribution in [0.5, 0.6) is 0 Å². The van der Waals surface area contributed by atoms with Crippen LogP contribution in [0.25, 0.3) is 0 Å². The highest BCUT2D eigenvalue weighted by Crippen LogP contribution is 2.22. The molecule has 0 saturated carbocycles. The van der Waals surface area contributed by atoms with Crippen molar-refractivity contribution in [3.8, 4) is 0 Å². The van der Waals surface area contributed by atoms with E-state index in [0.717, 1.165) is 16.7 Å². The van der Waals surface area contributed by atoms with Gasteiger partial charge in [-0.05, 0) is 31.9 Å². The molecule has 0 unspecified atom stereocenters. The molecule has 0 aliphatic carbocycles. The summed E-state index contributed by atoms with van der Waals surface area (Å²) < 4.78 is 29.5. The number of carboxylic acids is 1. The summed E-state index contributed by atoms with van der Waals surface area (Å²) in [6, 6.07) is 3.69. The van der Waals surface area contributed by atoms with Gasteiger partial charge in [-0.2, -0.15) is 0 Å². The molecule has 0 saturated heterocycles. The van der Waals surface area contributed by atoms with E-state index in [-0.39, 0.29) is 25.6 Å². The van der Waals surface area contributed by atoms with Gasteiger partial charge in [0.15, 0.2) is 9.84 Å². The van der Waals surface area contributed by atoms with Crippen LogP contribution in [0.15, 0.2) is 17.0 Å². The number of carbonyl (C=O) groups is 1. The van der Waals surface area contributed by atoms with Gasteiger partial charge in [0.2, 0.25) is 0 Å². The van der Waals surface area contributed by atoms with Gasteiger partial charge in [0.25, 0.3) is 0 Å². The van der Waals surface area contributed by atoms with Crippen molar-refractivity contribution in [2.24, 2.45) is 0 Å². The molecule has 118 valence electrons. The number of nitrogens with one attached hydrogen (secondary N) is 1. The highest BCUT2D eigenvalue weighted by molar-refractivity contribution is 7.91. The highest BCUT2D eigenvalue weighted by Gasteiger charge is 2.19. The van der Waals surface area contributed by atoms with Crippen molar-refractivity contribution in [3.63, 3.8) is 0 Å². The smallest absolute Gasteiger partial charge is 0.329 e. The van der Waals surface area contributed by atoms with E-state index in [4.69, 9.17) is 9.84 Å². The Kier molecular flexibility index (Phi) is 6.32. The second-order valence-electron chi connectivity index (χ2n) is 4.93. The molecule has 0 fully saturated rings. The molecule has 2 N–H and O–H groups in total. The zero-order valence-electron chi connectivity index (χ0n) is 12.5. The minimum Gasteiger partial charge on any atom is -0.480 e. The first-order valence-electron chi connectivity index (χ1n) is 6.55. The molecule has 1 aromatic carbocycles. The molecule has 0 radical (unpaired) electrons. The van der Waals surface area contributed by atoms with Gasteiger partial charge in [0.1, 0.15) is 12.5 Å². The van der Waals surface area contributed by atoms with Gasteiger partial charge in [0.05, 0.1) is 11.5 Å². The Balaban J connectivity index is 2.61. The Morgan fingerprint density at radius 1 is 1.24 bits per heavy atom. The zero-order valence-corrected chi connectivity index (χ0v) is 13.3. The lowest BCUT2D eigenvalue weighted by molar-refractivity contribution is -0.142. The third kappa shape index (κ3) is 5.45. The van der Waals surface area contributed by atoms with Crippen molar-refractivity contribution in [3.05, 3.63) is 28.8 Å². The first-order valence-corrected chi connectivity index (χ1v) is 8.20. The summed E-state index contributed by atoms with van der Waals surface area (Å²) in [4.78, 5) is 10.6. The number of aliphatic carboxylic acids is 1. The molecule has 1 rings (SSSR count). The first-order chi connectivity index (χ1) is 9.74. The van der Waals surface area contributed by atoms with Gasteiger partial charge in [0, 0.05) is 6.54 Å². The fraction of sp³-hybridized carbons (Fsp3) is 0.500. The third-order valence-electron chi connectivity index (χ3n) is 2.86. The predicted molar refractivity (Wildman–Crippen MR) is 79.2 cm³/mol. The van der Waals surface area contributed by atoms with Crippen LogP contribution in [-0.2, 0) is 19.4 Å². The molecule has 0 aliphatic heterocycles. The molecule has 0 spiro atoms. The average molecular weight is 315 g/mol. The summed E-state index contributed by atoms with van der Waals surface area (Å²) in [5.74, 6) is -1.25. The van der Waals surface area contributed by atoms with E-state index in [0.29, 0.717) is 4.90 Å². The molecule has 0 aromatic heterocycles. The van der Waals surface area contributed by atoms with E-state index in [1.165, 1.54) is 0 Å². The molecule has 0 bridgehead atoms. The van der Waals surface area contributed by atoms with Crippen molar-refractivity contribution in [1.82, 2.24) is 5.32 Å². The Morgan fingerprint density at radius 3 is 2.33 bits per heavy atom. The van der Waals surface area contributed by atoms with E-state index in [2.05, 4.69) is 5.32 Å². The van der Waals surface area contributed by atoms with Crippen LogP contribution >= 0.6 is 0 Å². The van der Waals surface area contributed by atoms with E-state index in [9.17, 15) is 13.2 Å². The van der Waals surface area contributed by atoms with Gasteiger partial charge in [-0.1, -0.05) is 17.7 Å². The van der Waals surface area contributed by atoms with Gasteiger partial charge in [-0.3, -0.25) is 0 Å². The Hall–Kier alpha value is -1.44. The number of hydrogen-bond acceptors (Lipinski definition) is 5. The maximum absolute atomic E-state index is 12.3. The van der Waals surface area contributed by atoms with Crippen molar-refractivity contribution in [2.75, 3.05) is 25.6 Å². The topological polar surface area (TPSA) is 92.7 Å². The normalized spacial score (nSPS) is 11.6. The minimum atomic E-state index is -3.42. The Morgan fingerprint density at radius 2 is 1.81 bits per heavy atom. The van der Waals surface area contributed by atoms with Crippen molar-refractivity contribution < 1.29 is 23.1 Å². The van der Waals surface area contributed by atoms with E-state index < -0.39 is 15.8 Å². The molecule has 0 aliphatic rings. The molecule has 6 nitrogen and oxygen atoms in total. The van der Waals surface area contributed by atoms with Crippen molar-refractivity contribution >= 4 is 15.8 Å². The molecule has 0 heterocycles. The molecular weight excluding hydrogens is 294 g/mol. The minimum absolute atomic E-state index is 0.147. The monoisotopic (exact) mass is 315 g/mol. The van der Waals surface area contributed by atoms with Gasteiger partial charge in [-0.25, -0.2) is 13.2 Å². The summed E-state index contributed by atoms with van der Waals surface area (Å²) in [7, 11) is -3.42. The van der Waals surface area contributed by atoms with Crippen LogP contribution in [-0.4, -0.2) is 45.1 Å². The molecule has 0 atom stereocenters. The molecule has 7 heteroatoms. The van der Waals surface area contributed by atoms with Crippen LogP contribution < -0.4 is 5.32 Å². The Labute approximate surface area is 125 Å².